The van der Waals surface area contributed by atoms with E-state index in [1.807, 2.05) is 4.90 Å². The standard InChI is InChI=1S/C16H22N2O3/c1-11-4-3-9-18(12(11)2)16(21)17-10-13-5-7-14(8-6-13)15(19)20/h5-8,11-12H,3-4,9-10H2,1-2H3,(H,17,21)(H,19,20). The normalized spacial score (nSPS) is 21.9. The van der Waals surface area contributed by atoms with E-state index < -0.39 is 5.97 Å². The number of hydrogen-bond donors (Lipinski definition) is 2. The Labute approximate surface area is 125 Å². The molecule has 2 amide bonds. The van der Waals surface area contributed by atoms with Crippen LogP contribution in [0, 0.1) is 5.92 Å². The molecule has 21 heavy (non-hydrogen) atoms. The number of carbonyl (C=O) groups is 2. The van der Waals surface area contributed by atoms with E-state index in [0.717, 1.165) is 18.5 Å². The van der Waals surface area contributed by atoms with Crippen molar-refractivity contribution in [3.8, 4) is 0 Å². The number of urea groups is 1. The highest BCUT2D eigenvalue weighted by Crippen LogP contribution is 2.22. The first kappa shape index (κ1) is 15.4. The van der Waals surface area contributed by atoms with Crippen LogP contribution in [0.5, 0.6) is 0 Å². The maximum Gasteiger partial charge on any atom is 0.335 e. The van der Waals surface area contributed by atoms with Gasteiger partial charge in [0.2, 0.25) is 0 Å². The Bertz CT molecular complexity index is 513. The zero-order chi connectivity index (χ0) is 15.4. The maximum absolute atomic E-state index is 12.2. The quantitative estimate of drug-likeness (QED) is 0.899. The minimum atomic E-state index is -0.943. The second-order valence-corrected chi connectivity index (χ2v) is 5.71. The van der Waals surface area contributed by atoms with Gasteiger partial charge in [0.25, 0.3) is 0 Å². The predicted molar refractivity (Wildman–Crippen MR) is 80.2 cm³/mol. The topological polar surface area (TPSA) is 69.6 Å². The number of likely N-dealkylation sites (tertiary alicyclic amines) is 1. The first-order chi connectivity index (χ1) is 9.99. The molecule has 0 bridgehead atoms. The molecule has 2 unspecified atom stereocenters. The van der Waals surface area contributed by atoms with Crippen molar-refractivity contribution in [1.82, 2.24) is 10.2 Å². The summed E-state index contributed by atoms with van der Waals surface area (Å²) in [5.74, 6) is -0.416. The number of nitrogens with one attached hydrogen (secondary N) is 1. The van der Waals surface area contributed by atoms with Crippen molar-refractivity contribution in [3.05, 3.63) is 35.4 Å². The van der Waals surface area contributed by atoms with E-state index in [1.54, 1.807) is 24.3 Å². The molecule has 0 spiro atoms. The highest BCUT2D eigenvalue weighted by molar-refractivity contribution is 5.87. The molecule has 5 nitrogen and oxygen atoms in total. The molecule has 114 valence electrons. The number of nitrogens with zero attached hydrogens (tertiary/aromatic N) is 1. The van der Waals surface area contributed by atoms with Crippen molar-refractivity contribution in [3.63, 3.8) is 0 Å². The number of carboxylic acid groups (broad SMARTS) is 1. The highest BCUT2D eigenvalue weighted by atomic mass is 16.4. The van der Waals surface area contributed by atoms with Crippen molar-refractivity contribution < 1.29 is 14.7 Å². The minimum Gasteiger partial charge on any atom is -0.478 e. The fraction of sp³-hybridized carbons (Fsp3) is 0.500. The molecule has 1 fully saturated rings. The molecule has 1 heterocycles. The summed E-state index contributed by atoms with van der Waals surface area (Å²) in [6.45, 7) is 5.48. The molecule has 1 aromatic rings. The zero-order valence-corrected chi connectivity index (χ0v) is 12.5. The molecule has 2 atom stereocenters. The molecule has 1 aliphatic rings. The minimum absolute atomic E-state index is 0.0450. The molecule has 0 saturated carbocycles. The van der Waals surface area contributed by atoms with Crippen molar-refractivity contribution in [2.24, 2.45) is 5.92 Å². The predicted octanol–water partition coefficient (Wildman–Crippen LogP) is 2.71. The van der Waals surface area contributed by atoms with E-state index in [0.29, 0.717) is 12.5 Å². The monoisotopic (exact) mass is 290 g/mol. The second-order valence-electron chi connectivity index (χ2n) is 5.71. The molecule has 1 aliphatic heterocycles. The molecule has 0 aliphatic carbocycles. The van der Waals surface area contributed by atoms with Crippen molar-refractivity contribution in [1.29, 1.82) is 0 Å². The smallest absolute Gasteiger partial charge is 0.335 e. The van der Waals surface area contributed by atoms with Crippen LogP contribution in [0.1, 0.15) is 42.6 Å². The van der Waals surface area contributed by atoms with Gasteiger partial charge in [0, 0.05) is 19.1 Å². The lowest BCUT2D eigenvalue weighted by Gasteiger charge is -2.37. The molecular formula is C16H22N2O3. The van der Waals surface area contributed by atoms with Gasteiger partial charge in [-0.1, -0.05) is 19.1 Å². The Morgan fingerprint density at radius 3 is 2.57 bits per heavy atom. The Morgan fingerprint density at radius 1 is 1.29 bits per heavy atom. The summed E-state index contributed by atoms with van der Waals surface area (Å²) in [7, 11) is 0. The first-order valence-electron chi connectivity index (χ1n) is 7.35. The number of rotatable bonds is 3. The average Bonchev–Trinajstić information content (AvgIpc) is 2.48. The number of piperidine rings is 1. The van der Waals surface area contributed by atoms with E-state index in [9.17, 15) is 9.59 Å². The Hall–Kier alpha value is -2.04. The van der Waals surface area contributed by atoms with Crippen LogP contribution in [0.15, 0.2) is 24.3 Å². The van der Waals surface area contributed by atoms with Gasteiger partial charge in [-0.05, 0) is 43.4 Å². The molecule has 1 aromatic carbocycles. The summed E-state index contributed by atoms with van der Waals surface area (Å²) in [5.41, 5.74) is 1.15. The number of carboxylic acids is 1. The lowest BCUT2D eigenvalue weighted by atomic mass is 9.92. The Kier molecular flexibility index (Phi) is 4.83. The van der Waals surface area contributed by atoms with Crippen LogP contribution in [0.4, 0.5) is 4.79 Å². The SMILES string of the molecule is CC1CCCN(C(=O)NCc2ccc(C(=O)O)cc2)C1C. The molecule has 1 saturated heterocycles. The molecule has 2 rings (SSSR count). The van der Waals surface area contributed by atoms with Gasteiger partial charge in [0.05, 0.1) is 5.56 Å². The summed E-state index contributed by atoms with van der Waals surface area (Å²) in [5, 5.41) is 11.7. The van der Waals surface area contributed by atoms with Gasteiger partial charge in [-0.3, -0.25) is 0 Å². The maximum atomic E-state index is 12.2. The molecular weight excluding hydrogens is 268 g/mol. The van der Waals surface area contributed by atoms with Gasteiger partial charge < -0.3 is 15.3 Å². The highest BCUT2D eigenvalue weighted by Gasteiger charge is 2.27. The third-order valence-electron chi connectivity index (χ3n) is 4.28. The first-order valence-corrected chi connectivity index (χ1v) is 7.35. The van der Waals surface area contributed by atoms with E-state index in [4.69, 9.17) is 5.11 Å². The summed E-state index contributed by atoms with van der Waals surface area (Å²) in [6.07, 6.45) is 2.22. The van der Waals surface area contributed by atoms with Gasteiger partial charge >= 0.3 is 12.0 Å². The largest absolute Gasteiger partial charge is 0.478 e. The van der Waals surface area contributed by atoms with Crippen LogP contribution in [0.3, 0.4) is 0 Å². The fourth-order valence-electron chi connectivity index (χ4n) is 2.67. The summed E-state index contributed by atoms with van der Waals surface area (Å²) >= 11 is 0. The van der Waals surface area contributed by atoms with Gasteiger partial charge in [-0.25, -0.2) is 9.59 Å². The summed E-state index contributed by atoms with van der Waals surface area (Å²) in [6, 6.07) is 6.77. The number of hydrogen-bond acceptors (Lipinski definition) is 2. The number of benzene rings is 1. The Morgan fingerprint density at radius 2 is 1.95 bits per heavy atom. The van der Waals surface area contributed by atoms with Crippen LogP contribution in [0.25, 0.3) is 0 Å². The van der Waals surface area contributed by atoms with Gasteiger partial charge in [0.15, 0.2) is 0 Å². The Balaban J connectivity index is 1.90. The third-order valence-corrected chi connectivity index (χ3v) is 4.28. The van der Waals surface area contributed by atoms with E-state index >= 15 is 0 Å². The lowest BCUT2D eigenvalue weighted by Crippen LogP contribution is -2.50. The third kappa shape index (κ3) is 3.74. The van der Waals surface area contributed by atoms with Crippen LogP contribution >= 0.6 is 0 Å². The van der Waals surface area contributed by atoms with E-state index in [2.05, 4.69) is 19.2 Å². The average molecular weight is 290 g/mol. The van der Waals surface area contributed by atoms with Gasteiger partial charge in [-0.15, -0.1) is 0 Å². The number of amides is 2. The van der Waals surface area contributed by atoms with Crippen molar-refractivity contribution in [2.75, 3.05) is 6.54 Å². The van der Waals surface area contributed by atoms with E-state index in [1.165, 1.54) is 6.42 Å². The van der Waals surface area contributed by atoms with Gasteiger partial charge in [0.1, 0.15) is 0 Å². The van der Waals surface area contributed by atoms with Crippen molar-refractivity contribution in [2.45, 2.75) is 39.3 Å². The molecule has 0 aromatic heterocycles. The fourth-order valence-corrected chi connectivity index (χ4v) is 2.67. The van der Waals surface area contributed by atoms with Crippen LogP contribution in [-0.4, -0.2) is 34.6 Å². The molecule has 5 heteroatoms. The number of aromatic carboxylic acids is 1. The lowest BCUT2D eigenvalue weighted by molar-refractivity contribution is 0.0697. The van der Waals surface area contributed by atoms with Crippen LogP contribution in [0.2, 0.25) is 0 Å². The van der Waals surface area contributed by atoms with Crippen LogP contribution in [-0.2, 0) is 6.54 Å². The summed E-state index contributed by atoms with van der Waals surface area (Å²) < 4.78 is 0. The van der Waals surface area contributed by atoms with Crippen molar-refractivity contribution >= 4 is 12.0 Å². The molecule has 0 radical (unpaired) electrons. The van der Waals surface area contributed by atoms with Crippen LogP contribution < -0.4 is 5.32 Å². The molecule has 2 N–H and O–H groups in total. The summed E-state index contributed by atoms with van der Waals surface area (Å²) in [4.78, 5) is 24.9. The number of carbonyl (C=O) groups excluding carboxylic acids is 1. The zero-order valence-electron chi connectivity index (χ0n) is 12.5. The van der Waals surface area contributed by atoms with E-state index in [-0.39, 0.29) is 17.6 Å². The second kappa shape index (κ2) is 6.61. The van der Waals surface area contributed by atoms with Gasteiger partial charge in [-0.2, -0.15) is 0 Å².